The van der Waals surface area contributed by atoms with Gasteiger partial charge < -0.3 is 5.73 Å². The number of amides is 1. The monoisotopic (exact) mass is 290 g/mol. The van der Waals surface area contributed by atoms with Gasteiger partial charge in [-0.2, -0.15) is 0 Å². The van der Waals surface area contributed by atoms with Crippen LogP contribution in [0.15, 0.2) is 24.3 Å². The van der Waals surface area contributed by atoms with Crippen molar-refractivity contribution in [2.24, 2.45) is 11.7 Å². The molecule has 1 aromatic carbocycles. The quantitative estimate of drug-likeness (QED) is 0.906. The van der Waals surface area contributed by atoms with E-state index in [1.807, 2.05) is 45.0 Å². The lowest BCUT2D eigenvalue weighted by Crippen LogP contribution is -2.39. The van der Waals surface area contributed by atoms with Gasteiger partial charge in [-0.15, -0.1) is 10.2 Å². The predicted octanol–water partition coefficient (Wildman–Crippen LogP) is 2.44. The molecule has 1 amide bonds. The number of hydrogen-bond acceptors (Lipinski definition) is 5. The number of anilines is 1. The van der Waals surface area contributed by atoms with E-state index in [0.29, 0.717) is 5.13 Å². The molecule has 1 unspecified atom stereocenters. The highest BCUT2D eigenvalue weighted by Gasteiger charge is 2.19. The van der Waals surface area contributed by atoms with Gasteiger partial charge in [-0.3, -0.25) is 10.1 Å². The molecule has 5 nitrogen and oxygen atoms in total. The van der Waals surface area contributed by atoms with E-state index in [-0.39, 0.29) is 11.8 Å². The van der Waals surface area contributed by atoms with E-state index < -0.39 is 6.04 Å². The summed E-state index contributed by atoms with van der Waals surface area (Å²) in [6.45, 7) is 5.83. The van der Waals surface area contributed by atoms with Gasteiger partial charge in [0, 0.05) is 5.56 Å². The van der Waals surface area contributed by atoms with Crippen LogP contribution in [0.2, 0.25) is 0 Å². The molecule has 20 heavy (non-hydrogen) atoms. The van der Waals surface area contributed by atoms with Gasteiger partial charge in [-0.25, -0.2) is 0 Å². The van der Waals surface area contributed by atoms with Crippen LogP contribution in [-0.2, 0) is 4.79 Å². The van der Waals surface area contributed by atoms with Crippen molar-refractivity contribution in [2.45, 2.75) is 26.8 Å². The zero-order valence-corrected chi connectivity index (χ0v) is 12.6. The molecule has 106 valence electrons. The summed E-state index contributed by atoms with van der Waals surface area (Å²) in [5, 5.41) is 12.0. The van der Waals surface area contributed by atoms with Crippen LogP contribution >= 0.6 is 11.3 Å². The Balaban J connectivity index is 2.12. The topological polar surface area (TPSA) is 80.9 Å². The lowest BCUT2D eigenvalue weighted by atomic mass is 10.1. The van der Waals surface area contributed by atoms with Crippen molar-refractivity contribution in [3.63, 3.8) is 0 Å². The number of benzene rings is 1. The first-order valence-corrected chi connectivity index (χ1v) is 7.26. The second-order valence-corrected chi connectivity index (χ2v) is 6.02. The zero-order valence-electron chi connectivity index (χ0n) is 11.8. The summed E-state index contributed by atoms with van der Waals surface area (Å²) in [5.41, 5.74) is 7.94. The maximum atomic E-state index is 11.9. The molecule has 0 saturated heterocycles. The molecule has 2 aromatic rings. The van der Waals surface area contributed by atoms with Crippen LogP contribution in [0.1, 0.15) is 19.4 Å². The highest BCUT2D eigenvalue weighted by molar-refractivity contribution is 7.18. The zero-order chi connectivity index (χ0) is 14.7. The molecule has 0 aliphatic carbocycles. The van der Waals surface area contributed by atoms with E-state index in [9.17, 15) is 4.79 Å². The molecule has 6 heteroatoms. The summed E-state index contributed by atoms with van der Waals surface area (Å²) < 4.78 is 0. The predicted molar refractivity (Wildman–Crippen MR) is 81.5 cm³/mol. The molecule has 3 N–H and O–H groups in total. The Labute approximate surface area is 122 Å². The highest BCUT2D eigenvalue weighted by atomic mass is 32.1. The average molecular weight is 290 g/mol. The van der Waals surface area contributed by atoms with E-state index in [1.54, 1.807) is 0 Å². The fourth-order valence-corrected chi connectivity index (χ4v) is 2.40. The summed E-state index contributed by atoms with van der Waals surface area (Å²) >= 11 is 1.34. The molecule has 1 atom stereocenters. The fraction of sp³-hybridized carbons (Fsp3) is 0.357. The molecular weight excluding hydrogens is 272 g/mol. The smallest absolute Gasteiger partial charge is 0.243 e. The second kappa shape index (κ2) is 6.11. The number of rotatable bonds is 4. The molecule has 0 aliphatic rings. The Morgan fingerprint density at radius 3 is 2.75 bits per heavy atom. The second-order valence-electron chi connectivity index (χ2n) is 5.04. The molecular formula is C14H18N4OS. The number of nitrogens with one attached hydrogen (secondary N) is 1. The Morgan fingerprint density at radius 2 is 2.10 bits per heavy atom. The summed E-state index contributed by atoms with van der Waals surface area (Å²) in [5.74, 6) is -0.147. The third-order valence-corrected chi connectivity index (χ3v) is 3.83. The van der Waals surface area contributed by atoms with Crippen molar-refractivity contribution >= 4 is 22.4 Å². The van der Waals surface area contributed by atoms with Gasteiger partial charge in [0.2, 0.25) is 11.0 Å². The minimum absolute atomic E-state index is 0.0826. The largest absolute Gasteiger partial charge is 0.320 e. The number of hydrogen-bond donors (Lipinski definition) is 2. The molecule has 1 heterocycles. The molecule has 0 saturated carbocycles. The van der Waals surface area contributed by atoms with Gasteiger partial charge in [-0.05, 0) is 18.9 Å². The van der Waals surface area contributed by atoms with Crippen LogP contribution in [0.25, 0.3) is 10.6 Å². The SMILES string of the molecule is Cc1cccc(-c2nnc(NC(=O)C(N)C(C)C)s2)c1. The van der Waals surface area contributed by atoms with Crippen molar-refractivity contribution < 1.29 is 4.79 Å². The lowest BCUT2D eigenvalue weighted by Gasteiger charge is -2.13. The van der Waals surface area contributed by atoms with E-state index in [1.165, 1.54) is 11.3 Å². The van der Waals surface area contributed by atoms with Crippen LogP contribution in [0.4, 0.5) is 5.13 Å². The number of aryl methyl sites for hydroxylation is 1. The average Bonchev–Trinajstić information content (AvgIpc) is 2.86. The minimum atomic E-state index is -0.540. The van der Waals surface area contributed by atoms with Crippen LogP contribution in [0.5, 0.6) is 0 Å². The Bertz CT molecular complexity index is 609. The molecule has 1 aromatic heterocycles. The first kappa shape index (κ1) is 14.6. The van der Waals surface area contributed by atoms with Gasteiger partial charge in [0.1, 0.15) is 5.01 Å². The summed E-state index contributed by atoms with van der Waals surface area (Å²) in [6, 6.07) is 7.46. The molecule has 0 fully saturated rings. The number of aromatic nitrogens is 2. The lowest BCUT2D eigenvalue weighted by molar-refractivity contribution is -0.118. The van der Waals surface area contributed by atoms with Gasteiger partial charge >= 0.3 is 0 Å². The van der Waals surface area contributed by atoms with Crippen molar-refractivity contribution in [3.8, 4) is 10.6 Å². The van der Waals surface area contributed by atoms with Gasteiger partial charge in [0.05, 0.1) is 6.04 Å². The fourth-order valence-electron chi connectivity index (χ4n) is 1.66. The minimum Gasteiger partial charge on any atom is -0.320 e. The van der Waals surface area contributed by atoms with Gasteiger partial charge in [-0.1, -0.05) is 48.9 Å². The van der Waals surface area contributed by atoms with Crippen molar-refractivity contribution in [3.05, 3.63) is 29.8 Å². The molecule has 0 spiro atoms. The summed E-state index contributed by atoms with van der Waals surface area (Å²) in [6.07, 6.45) is 0. The summed E-state index contributed by atoms with van der Waals surface area (Å²) in [7, 11) is 0. The maximum absolute atomic E-state index is 11.9. The Morgan fingerprint density at radius 1 is 1.35 bits per heavy atom. The van der Waals surface area contributed by atoms with E-state index >= 15 is 0 Å². The summed E-state index contributed by atoms with van der Waals surface area (Å²) in [4.78, 5) is 11.9. The normalized spacial score (nSPS) is 12.4. The standard InChI is InChI=1S/C14H18N4OS/c1-8(2)11(15)12(19)16-14-18-17-13(20-14)10-6-4-5-9(3)7-10/h4-8,11H,15H2,1-3H3,(H,16,18,19). The van der Waals surface area contributed by atoms with Crippen molar-refractivity contribution in [1.82, 2.24) is 10.2 Å². The van der Waals surface area contributed by atoms with Crippen molar-refractivity contribution in [2.75, 3.05) is 5.32 Å². The van der Waals surface area contributed by atoms with Crippen LogP contribution in [0, 0.1) is 12.8 Å². The molecule has 0 aliphatic heterocycles. The number of nitrogens with two attached hydrogens (primary N) is 1. The molecule has 0 radical (unpaired) electrons. The Hall–Kier alpha value is -1.79. The van der Waals surface area contributed by atoms with E-state index in [2.05, 4.69) is 15.5 Å². The van der Waals surface area contributed by atoms with Gasteiger partial charge in [0.25, 0.3) is 0 Å². The van der Waals surface area contributed by atoms with Crippen molar-refractivity contribution in [1.29, 1.82) is 0 Å². The Kier molecular flexibility index (Phi) is 4.46. The van der Waals surface area contributed by atoms with Gasteiger partial charge in [0.15, 0.2) is 0 Å². The maximum Gasteiger partial charge on any atom is 0.243 e. The van der Waals surface area contributed by atoms with Crippen LogP contribution < -0.4 is 11.1 Å². The third kappa shape index (κ3) is 3.40. The third-order valence-electron chi connectivity index (χ3n) is 2.94. The molecule has 0 bridgehead atoms. The molecule has 2 rings (SSSR count). The van der Waals surface area contributed by atoms with Crippen LogP contribution in [-0.4, -0.2) is 22.1 Å². The van der Waals surface area contributed by atoms with Crippen LogP contribution in [0.3, 0.4) is 0 Å². The first-order chi connectivity index (χ1) is 9.47. The van der Waals surface area contributed by atoms with E-state index in [0.717, 1.165) is 16.1 Å². The first-order valence-electron chi connectivity index (χ1n) is 6.44. The number of carbonyl (C=O) groups is 1. The highest BCUT2D eigenvalue weighted by Crippen LogP contribution is 2.26. The number of nitrogens with zero attached hydrogens (tertiary/aromatic N) is 2. The van der Waals surface area contributed by atoms with E-state index in [4.69, 9.17) is 5.73 Å². The number of carbonyl (C=O) groups excluding carboxylic acids is 1.